The number of carbonyl (C=O) groups is 2. The molecule has 0 aliphatic heterocycles. The largest absolute Gasteiger partial charge is 0.310 e. The fourth-order valence-corrected chi connectivity index (χ4v) is 6.67. The van der Waals surface area contributed by atoms with Crippen LogP contribution < -0.4 is 9.80 Å². The molecule has 0 heterocycles. The van der Waals surface area contributed by atoms with Gasteiger partial charge in [-0.15, -0.1) is 0 Å². The Morgan fingerprint density at radius 1 is 0.320 bits per heavy atom. The highest BCUT2D eigenvalue weighted by molar-refractivity contribution is 6.00. The zero-order chi connectivity index (χ0) is 33.9. The lowest BCUT2D eigenvalue weighted by Crippen LogP contribution is -2.10. The fraction of sp³-hybridized carbons (Fsp3) is 0. The van der Waals surface area contributed by atoms with Gasteiger partial charge in [-0.25, -0.2) is 0 Å². The molecule has 0 radical (unpaired) electrons. The zero-order valence-corrected chi connectivity index (χ0v) is 27.2. The topological polar surface area (TPSA) is 40.6 Å². The van der Waals surface area contributed by atoms with Gasteiger partial charge in [0.05, 0.1) is 11.4 Å². The fourth-order valence-electron chi connectivity index (χ4n) is 6.67. The number of rotatable bonds is 9. The summed E-state index contributed by atoms with van der Waals surface area (Å²) in [7, 11) is 0. The first-order valence-electron chi connectivity index (χ1n) is 16.6. The number of hydrogen-bond acceptors (Lipinski definition) is 4. The summed E-state index contributed by atoms with van der Waals surface area (Å²) in [5.41, 5.74) is 9.58. The molecule has 0 N–H and O–H groups in total. The predicted octanol–water partition coefficient (Wildman–Crippen LogP) is 12.2. The van der Waals surface area contributed by atoms with Crippen molar-refractivity contribution in [3.63, 3.8) is 0 Å². The molecule has 8 rings (SSSR count). The van der Waals surface area contributed by atoms with E-state index in [1.54, 1.807) is 0 Å². The molecule has 0 atom stereocenters. The van der Waals surface area contributed by atoms with Crippen LogP contribution in [0.1, 0.15) is 20.7 Å². The van der Waals surface area contributed by atoms with Crippen LogP contribution in [0.25, 0.3) is 32.7 Å². The van der Waals surface area contributed by atoms with E-state index >= 15 is 0 Å². The summed E-state index contributed by atoms with van der Waals surface area (Å²) in [6, 6.07) is 62.1. The Balaban J connectivity index is 1.16. The molecule has 0 saturated carbocycles. The van der Waals surface area contributed by atoms with Gasteiger partial charge in [-0.05, 0) is 107 Å². The lowest BCUT2D eigenvalue weighted by Gasteiger charge is -2.27. The Labute approximate surface area is 291 Å². The third-order valence-electron chi connectivity index (χ3n) is 9.17. The average molecular weight is 645 g/mol. The number of carbonyl (C=O) groups excluding carboxylic acids is 2. The molecule has 50 heavy (non-hydrogen) atoms. The second-order valence-corrected chi connectivity index (χ2v) is 12.2. The molecule has 0 amide bonds. The van der Waals surface area contributed by atoms with E-state index < -0.39 is 0 Å². The molecule has 0 fully saturated rings. The van der Waals surface area contributed by atoms with E-state index in [0.717, 1.165) is 79.4 Å². The van der Waals surface area contributed by atoms with Gasteiger partial charge in [-0.2, -0.15) is 0 Å². The zero-order valence-electron chi connectivity index (χ0n) is 27.2. The Bertz CT molecular complexity index is 2260. The Morgan fingerprint density at radius 2 is 0.640 bits per heavy atom. The number of aldehydes is 2. The van der Waals surface area contributed by atoms with Gasteiger partial charge < -0.3 is 9.80 Å². The molecule has 0 aliphatic carbocycles. The standard InChI is InChI=1S/C46H32N2O2/c49-31-33-15-23-39(24-16-33)47(45-13-5-9-37-7-1-3-11-43(37)45)41-27-19-35(20-28-41)36-21-29-42(30-22-36)48(40-25-17-34(32-50)18-26-40)46-14-6-10-38-8-2-4-12-44(38)46/h1-32H. The molecule has 0 aliphatic rings. The third kappa shape index (κ3) is 5.80. The van der Waals surface area contributed by atoms with E-state index in [1.807, 2.05) is 48.5 Å². The van der Waals surface area contributed by atoms with E-state index in [0.29, 0.717) is 11.1 Å². The van der Waals surface area contributed by atoms with Gasteiger partial charge in [0.1, 0.15) is 12.6 Å². The highest BCUT2D eigenvalue weighted by Gasteiger charge is 2.17. The smallest absolute Gasteiger partial charge is 0.150 e. The molecule has 8 aromatic rings. The van der Waals surface area contributed by atoms with Crippen molar-refractivity contribution in [3.8, 4) is 11.1 Å². The van der Waals surface area contributed by atoms with Crippen molar-refractivity contribution >= 4 is 68.2 Å². The molecule has 0 unspecified atom stereocenters. The van der Waals surface area contributed by atoms with E-state index in [1.165, 1.54) is 0 Å². The van der Waals surface area contributed by atoms with Crippen LogP contribution in [0.5, 0.6) is 0 Å². The van der Waals surface area contributed by atoms with Gasteiger partial charge in [-0.1, -0.05) is 97.1 Å². The van der Waals surface area contributed by atoms with Crippen LogP contribution >= 0.6 is 0 Å². The van der Waals surface area contributed by atoms with Crippen LogP contribution in [0.15, 0.2) is 182 Å². The summed E-state index contributed by atoms with van der Waals surface area (Å²) in [6.45, 7) is 0. The monoisotopic (exact) mass is 644 g/mol. The summed E-state index contributed by atoms with van der Waals surface area (Å²) in [5, 5.41) is 4.61. The van der Waals surface area contributed by atoms with Crippen LogP contribution in [-0.4, -0.2) is 12.6 Å². The minimum Gasteiger partial charge on any atom is -0.310 e. The van der Waals surface area contributed by atoms with E-state index in [-0.39, 0.29) is 0 Å². The van der Waals surface area contributed by atoms with Crippen LogP contribution in [0.4, 0.5) is 34.1 Å². The molecule has 0 bridgehead atoms. The number of anilines is 6. The van der Waals surface area contributed by atoms with Gasteiger partial charge in [0.25, 0.3) is 0 Å². The highest BCUT2D eigenvalue weighted by atomic mass is 16.1. The molecule has 0 spiro atoms. The molecule has 238 valence electrons. The number of fused-ring (bicyclic) bond motifs is 2. The molecular weight excluding hydrogens is 613 g/mol. The van der Waals surface area contributed by atoms with Crippen molar-refractivity contribution in [3.05, 3.63) is 193 Å². The minimum atomic E-state index is 0.641. The van der Waals surface area contributed by atoms with Crippen molar-refractivity contribution in [1.29, 1.82) is 0 Å². The first-order chi connectivity index (χ1) is 24.7. The third-order valence-corrected chi connectivity index (χ3v) is 9.17. The van der Waals surface area contributed by atoms with Crippen molar-refractivity contribution in [2.45, 2.75) is 0 Å². The van der Waals surface area contributed by atoms with Gasteiger partial charge in [0.2, 0.25) is 0 Å². The number of benzene rings is 8. The van der Waals surface area contributed by atoms with Crippen LogP contribution in [0, 0.1) is 0 Å². The van der Waals surface area contributed by atoms with Gasteiger partial charge in [-0.3, -0.25) is 9.59 Å². The van der Waals surface area contributed by atoms with Gasteiger partial charge in [0.15, 0.2) is 0 Å². The SMILES string of the molecule is O=Cc1ccc(N(c2ccc(-c3ccc(N(c4ccc(C=O)cc4)c4cccc5ccccc45)cc3)cc2)c2cccc3ccccc23)cc1. The summed E-state index contributed by atoms with van der Waals surface area (Å²) < 4.78 is 0. The summed E-state index contributed by atoms with van der Waals surface area (Å²) in [6.07, 6.45) is 1.74. The Kier molecular flexibility index (Phi) is 8.17. The normalized spacial score (nSPS) is 11.0. The number of nitrogens with zero attached hydrogens (tertiary/aromatic N) is 2. The summed E-state index contributed by atoms with van der Waals surface area (Å²) in [4.78, 5) is 27.3. The van der Waals surface area contributed by atoms with E-state index in [4.69, 9.17) is 0 Å². The van der Waals surface area contributed by atoms with Crippen LogP contribution in [0.2, 0.25) is 0 Å². The first kappa shape index (κ1) is 30.5. The van der Waals surface area contributed by atoms with Crippen molar-refractivity contribution < 1.29 is 9.59 Å². The Hall–Kier alpha value is -6.78. The van der Waals surface area contributed by atoms with Crippen molar-refractivity contribution in [2.24, 2.45) is 0 Å². The maximum Gasteiger partial charge on any atom is 0.150 e. The molecule has 8 aromatic carbocycles. The predicted molar refractivity (Wildman–Crippen MR) is 207 cm³/mol. The van der Waals surface area contributed by atoms with Crippen molar-refractivity contribution in [1.82, 2.24) is 0 Å². The minimum absolute atomic E-state index is 0.641. The molecular formula is C46H32N2O2. The summed E-state index contributed by atoms with van der Waals surface area (Å²) >= 11 is 0. The van der Waals surface area contributed by atoms with E-state index in [9.17, 15) is 9.59 Å². The maximum absolute atomic E-state index is 11.4. The second-order valence-electron chi connectivity index (χ2n) is 12.2. The molecule has 0 aromatic heterocycles. The lowest BCUT2D eigenvalue weighted by atomic mass is 10.0. The quantitative estimate of drug-likeness (QED) is 0.147. The van der Waals surface area contributed by atoms with Gasteiger partial charge >= 0.3 is 0 Å². The number of hydrogen-bond donors (Lipinski definition) is 0. The van der Waals surface area contributed by atoms with Crippen LogP contribution in [-0.2, 0) is 0 Å². The lowest BCUT2D eigenvalue weighted by molar-refractivity contribution is 0.111. The molecule has 4 heteroatoms. The van der Waals surface area contributed by atoms with Gasteiger partial charge in [0, 0.05) is 44.6 Å². The average Bonchev–Trinajstić information content (AvgIpc) is 3.19. The molecule has 4 nitrogen and oxygen atoms in total. The van der Waals surface area contributed by atoms with Crippen LogP contribution in [0.3, 0.4) is 0 Å². The molecule has 0 saturated heterocycles. The maximum atomic E-state index is 11.4. The first-order valence-corrected chi connectivity index (χ1v) is 16.6. The highest BCUT2D eigenvalue weighted by Crippen LogP contribution is 2.41. The van der Waals surface area contributed by atoms with Crippen molar-refractivity contribution in [2.75, 3.05) is 9.80 Å². The second kappa shape index (κ2) is 13.4. The van der Waals surface area contributed by atoms with E-state index in [2.05, 4.69) is 143 Å². The Morgan fingerprint density at radius 3 is 1.00 bits per heavy atom. The summed E-state index contributed by atoms with van der Waals surface area (Å²) in [5.74, 6) is 0.